The van der Waals surface area contributed by atoms with Crippen molar-refractivity contribution in [3.05, 3.63) is 66.9 Å². The predicted molar refractivity (Wildman–Crippen MR) is 114 cm³/mol. The van der Waals surface area contributed by atoms with E-state index in [0.29, 0.717) is 17.3 Å². The van der Waals surface area contributed by atoms with Gasteiger partial charge in [0.25, 0.3) is 0 Å². The number of fused-ring (bicyclic) bond motifs is 1. The van der Waals surface area contributed by atoms with Crippen molar-refractivity contribution in [1.29, 1.82) is 0 Å². The van der Waals surface area contributed by atoms with Crippen molar-refractivity contribution in [2.24, 2.45) is 5.14 Å². The molecule has 0 saturated carbocycles. The monoisotopic (exact) mass is 422 g/mol. The van der Waals surface area contributed by atoms with Crippen LogP contribution in [0.15, 0.2) is 71.8 Å². The van der Waals surface area contributed by atoms with Gasteiger partial charge in [0.2, 0.25) is 21.9 Å². The number of anilines is 3. The summed E-state index contributed by atoms with van der Waals surface area (Å²) in [7, 11) is -3.75. The van der Waals surface area contributed by atoms with E-state index in [4.69, 9.17) is 5.14 Å². The van der Waals surface area contributed by atoms with Crippen molar-refractivity contribution in [2.75, 3.05) is 10.6 Å². The van der Waals surface area contributed by atoms with Gasteiger partial charge in [-0.25, -0.2) is 18.1 Å². The van der Waals surface area contributed by atoms with Gasteiger partial charge in [-0.05, 0) is 54.1 Å². The molecule has 0 saturated heterocycles. The molecular weight excluding hydrogens is 404 g/mol. The van der Waals surface area contributed by atoms with Crippen molar-refractivity contribution < 1.29 is 13.2 Å². The van der Waals surface area contributed by atoms with E-state index in [1.165, 1.54) is 19.1 Å². The number of benzene rings is 2. The number of primary sulfonamides is 1. The Morgan fingerprint density at radius 3 is 2.30 bits per heavy atom. The van der Waals surface area contributed by atoms with E-state index in [2.05, 4.69) is 20.7 Å². The zero-order valence-corrected chi connectivity index (χ0v) is 16.7. The Balaban J connectivity index is 1.63. The number of hydrogen-bond acceptors (Lipinski definition) is 6. The first-order valence-electron chi connectivity index (χ1n) is 8.93. The highest BCUT2D eigenvalue weighted by Crippen LogP contribution is 2.26. The van der Waals surface area contributed by atoms with Gasteiger partial charge in [-0.3, -0.25) is 4.79 Å². The van der Waals surface area contributed by atoms with Crippen molar-refractivity contribution in [2.45, 2.75) is 11.8 Å². The van der Waals surface area contributed by atoms with E-state index in [-0.39, 0.29) is 10.8 Å². The topological polar surface area (TPSA) is 131 Å². The summed E-state index contributed by atoms with van der Waals surface area (Å²) < 4.78 is 24.6. The molecule has 4 N–H and O–H groups in total. The summed E-state index contributed by atoms with van der Waals surface area (Å²) >= 11 is 0. The highest BCUT2D eigenvalue weighted by molar-refractivity contribution is 7.89. The Labute approximate surface area is 172 Å². The lowest BCUT2D eigenvalue weighted by atomic mass is 10.1. The van der Waals surface area contributed by atoms with Crippen LogP contribution in [0.3, 0.4) is 0 Å². The minimum atomic E-state index is -3.75. The van der Waals surface area contributed by atoms with Crippen molar-refractivity contribution >= 4 is 38.9 Å². The largest absolute Gasteiger partial charge is 0.326 e. The molecule has 0 bridgehead atoms. The quantitative estimate of drug-likeness (QED) is 0.453. The Morgan fingerprint density at radius 1 is 1.00 bits per heavy atom. The molecule has 0 aliphatic rings. The average molecular weight is 422 g/mol. The van der Waals surface area contributed by atoms with E-state index in [0.717, 1.165) is 16.8 Å². The Hall–Kier alpha value is -3.76. The fourth-order valence-corrected chi connectivity index (χ4v) is 3.49. The van der Waals surface area contributed by atoms with Crippen molar-refractivity contribution in [1.82, 2.24) is 14.6 Å². The maximum Gasteiger partial charge on any atom is 0.247 e. The molecule has 0 radical (unpaired) electrons. The second-order valence-corrected chi connectivity index (χ2v) is 8.14. The Morgan fingerprint density at radius 2 is 1.67 bits per heavy atom. The standard InChI is InChI=1S/C20H18N6O3S/c1-13(27)22-15-6-8-16(9-7-15)23-20-24-19-18(3-2-12-26(19)25-20)14-4-10-17(11-5-14)30(21,28)29/h2-12H,1H3,(H,22,27)(H,23,25)(H2,21,28,29). The van der Waals surface area contributed by atoms with Gasteiger partial charge in [0.15, 0.2) is 5.65 Å². The third-order valence-corrected chi connectivity index (χ3v) is 5.25. The third kappa shape index (κ3) is 4.14. The summed E-state index contributed by atoms with van der Waals surface area (Å²) in [6, 6.07) is 17.2. The van der Waals surface area contributed by atoms with Gasteiger partial charge in [-0.1, -0.05) is 12.1 Å². The molecule has 0 atom stereocenters. The molecule has 0 aliphatic heterocycles. The van der Waals surface area contributed by atoms with Crippen LogP contribution in [0.4, 0.5) is 17.3 Å². The van der Waals surface area contributed by atoms with Gasteiger partial charge >= 0.3 is 0 Å². The van der Waals surface area contributed by atoms with Gasteiger partial charge in [0.1, 0.15) is 0 Å². The van der Waals surface area contributed by atoms with Crippen LogP contribution in [0.2, 0.25) is 0 Å². The number of nitrogens with one attached hydrogen (secondary N) is 2. The summed E-state index contributed by atoms with van der Waals surface area (Å²) in [4.78, 5) is 15.7. The van der Waals surface area contributed by atoms with Crippen LogP contribution < -0.4 is 15.8 Å². The van der Waals surface area contributed by atoms with Crippen LogP contribution in [0, 0.1) is 0 Å². The molecule has 9 nitrogen and oxygen atoms in total. The number of nitrogens with two attached hydrogens (primary N) is 1. The predicted octanol–water partition coefficient (Wildman–Crippen LogP) is 2.75. The Bertz CT molecular complexity index is 1330. The number of aromatic nitrogens is 3. The van der Waals surface area contributed by atoms with E-state index >= 15 is 0 Å². The first kappa shape index (κ1) is 19.6. The maximum absolute atomic E-state index is 11.5. The summed E-state index contributed by atoms with van der Waals surface area (Å²) in [6.45, 7) is 1.45. The van der Waals surface area contributed by atoms with Crippen LogP contribution in [0.5, 0.6) is 0 Å². The second-order valence-electron chi connectivity index (χ2n) is 6.58. The molecular formula is C20H18N6O3S. The lowest BCUT2D eigenvalue weighted by Gasteiger charge is -2.04. The zero-order valence-electron chi connectivity index (χ0n) is 15.9. The smallest absolute Gasteiger partial charge is 0.247 e. The number of carbonyl (C=O) groups excluding carboxylic acids is 1. The normalized spacial score (nSPS) is 11.4. The molecule has 152 valence electrons. The van der Waals surface area contributed by atoms with E-state index < -0.39 is 10.0 Å². The fraction of sp³-hybridized carbons (Fsp3) is 0.0500. The number of nitrogens with zero attached hydrogens (tertiary/aromatic N) is 3. The van der Waals surface area contributed by atoms with Crippen LogP contribution in [-0.2, 0) is 14.8 Å². The van der Waals surface area contributed by atoms with Gasteiger partial charge in [-0.15, -0.1) is 5.10 Å². The molecule has 2 aromatic heterocycles. The number of hydrogen-bond donors (Lipinski definition) is 3. The number of amides is 1. The van der Waals surface area contributed by atoms with Crippen LogP contribution in [-0.4, -0.2) is 28.9 Å². The van der Waals surface area contributed by atoms with Crippen LogP contribution in [0.25, 0.3) is 16.8 Å². The number of carbonyl (C=O) groups is 1. The molecule has 0 unspecified atom stereocenters. The number of pyridine rings is 1. The molecule has 30 heavy (non-hydrogen) atoms. The fourth-order valence-electron chi connectivity index (χ4n) is 2.98. The summed E-state index contributed by atoms with van der Waals surface area (Å²) in [5.74, 6) is 0.262. The summed E-state index contributed by atoms with van der Waals surface area (Å²) in [6.07, 6.45) is 1.77. The van der Waals surface area contributed by atoms with Gasteiger partial charge in [0.05, 0.1) is 4.90 Å². The van der Waals surface area contributed by atoms with E-state index in [9.17, 15) is 13.2 Å². The highest BCUT2D eigenvalue weighted by Gasteiger charge is 2.12. The summed E-state index contributed by atoms with van der Waals surface area (Å²) in [5, 5.41) is 15.4. The molecule has 2 aromatic carbocycles. The lowest BCUT2D eigenvalue weighted by molar-refractivity contribution is -0.114. The van der Waals surface area contributed by atoms with Crippen molar-refractivity contribution in [3.8, 4) is 11.1 Å². The third-order valence-electron chi connectivity index (χ3n) is 4.32. The summed E-state index contributed by atoms with van der Waals surface area (Å²) in [5.41, 5.74) is 3.64. The Kier molecular flexibility index (Phi) is 4.94. The SMILES string of the molecule is CC(=O)Nc1ccc(Nc2nc3c(-c4ccc(S(N)(=O)=O)cc4)cccn3n2)cc1. The molecule has 10 heteroatoms. The molecule has 4 aromatic rings. The lowest BCUT2D eigenvalue weighted by Crippen LogP contribution is -2.11. The van der Waals surface area contributed by atoms with Gasteiger partial charge in [0, 0.05) is 30.1 Å². The average Bonchev–Trinajstić information content (AvgIpc) is 3.11. The minimum absolute atomic E-state index is 0.0460. The minimum Gasteiger partial charge on any atom is -0.326 e. The first-order valence-corrected chi connectivity index (χ1v) is 10.5. The van der Waals surface area contributed by atoms with Gasteiger partial charge in [-0.2, -0.15) is 4.98 Å². The van der Waals surface area contributed by atoms with E-state index in [1.807, 2.05) is 24.3 Å². The molecule has 4 rings (SSSR count). The van der Waals surface area contributed by atoms with Crippen LogP contribution in [0.1, 0.15) is 6.92 Å². The molecule has 2 heterocycles. The van der Waals surface area contributed by atoms with Gasteiger partial charge < -0.3 is 10.6 Å². The molecule has 1 amide bonds. The number of rotatable bonds is 5. The molecule has 0 aliphatic carbocycles. The number of sulfonamides is 1. The van der Waals surface area contributed by atoms with Crippen LogP contribution >= 0.6 is 0 Å². The van der Waals surface area contributed by atoms with Crippen molar-refractivity contribution in [3.63, 3.8) is 0 Å². The first-order chi connectivity index (χ1) is 14.3. The second kappa shape index (κ2) is 7.58. The molecule has 0 spiro atoms. The molecule has 0 fully saturated rings. The maximum atomic E-state index is 11.5. The van der Waals surface area contributed by atoms with E-state index in [1.54, 1.807) is 35.0 Å². The zero-order chi connectivity index (χ0) is 21.3. The highest BCUT2D eigenvalue weighted by atomic mass is 32.2.